The number of hydrogen-bond acceptors (Lipinski definition) is 4. The van der Waals surface area contributed by atoms with Crippen LogP contribution in [0, 0.1) is 0 Å². The monoisotopic (exact) mass is 328 g/mol. The molecule has 0 aliphatic carbocycles. The van der Waals surface area contributed by atoms with Crippen LogP contribution < -0.4 is 10.0 Å². The van der Waals surface area contributed by atoms with Crippen LogP contribution in [0.25, 0.3) is 0 Å². The fourth-order valence-corrected chi connectivity index (χ4v) is 2.71. The lowest BCUT2D eigenvalue weighted by Crippen LogP contribution is -2.18. The van der Waals surface area contributed by atoms with Crippen molar-refractivity contribution in [2.75, 3.05) is 7.05 Å². The molecule has 7 heteroatoms. The fraction of sp³-hybridized carbons (Fsp3) is 0.286. The van der Waals surface area contributed by atoms with E-state index in [4.69, 9.17) is 16.0 Å². The predicted octanol–water partition coefficient (Wildman–Crippen LogP) is 2.69. The van der Waals surface area contributed by atoms with Gasteiger partial charge in [-0.3, -0.25) is 0 Å². The molecule has 0 saturated carbocycles. The number of sulfonamides is 1. The van der Waals surface area contributed by atoms with E-state index in [-0.39, 0.29) is 11.1 Å². The highest BCUT2D eigenvalue weighted by molar-refractivity contribution is 7.89. The third kappa shape index (κ3) is 4.07. The minimum Gasteiger partial charge on any atom is -0.447 e. The first-order valence-corrected chi connectivity index (χ1v) is 8.29. The van der Waals surface area contributed by atoms with E-state index in [0.717, 1.165) is 5.56 Å². The van der Waals surface area contributed by atoms with Crippen molar-refractivity contribution >= 4 is 21.6 Å². The van der Waals surface area contributed by atoms with Crippen LogP contribution in [-0.2, 0) is 16.6 Å². The molecule has 0 saturated heterocycles. The van der Waals surface area contributed by atoms with E-state index in [1.54, 1.807) is 6.07 Å². The molecule has 0 spiro atoms. The van der Waals surface area contributed by atoms with E-state index >= 15 is 0 Å². The van der Waals surface area contributed by atoms with Crippen LogP contribution in [0.1, 0.15) is 24.3 Å². The Morgan fingerprint density at radius 2 is 2.05 bits per heavy atom. The molecule has 21 heavy (non-hydrogen) atoms. The molecule has 1 aromatic heterocycles. The maximum Gasteiger partial charge on any atom is 0.273 e. The normalized spacial score (nSPS) is 13.3. The second-order valence-corrected chi connectivity index (χ2v) is 6.84. The summed E-state index contributed by atoms with van der Waals surface area (Å²) >= 11 is 5.96. The van der Waals surface area contributed by atoms with E-state index < -0.39 is 10.0 Å². The molecule has 2 aromatic rings. The van der Waals surface area contributed by atoms with Crippen molar-refractivity contribution in [3.05, 3.63) is 52.7 Å². The Morgan fingerprint density at radius 3 is 2.71 bits per heavy atom. The average Bonchev–Trinajstić information content (AvgIpc) is 2.94. The smallest absolute Gasteiger partial charge is 0.273 e. The van der Waals surface area contributed by atoms with Crippen LogP contribution in [0.2, 0.25) is 5.02 Å². The van der Waals surface area contributed by atoms with Crippen LogP contribution in [0.15, 0.2) is 45.9 Å². The molecular weight excluding hydrogens is 312 g/mol. The zero-order chi connectivity index (χ0) is 15.5. The first-order valence-electron chi connectivity index (χ1n) is 6.43. The van der Waals surface area contributed by atoms with Gasteiger partial charge < -0.3 is 9.73 Å². The first-order chi connectivity index (χ1) is 9.92. The highest BCUT2D eigenvalue weighted by Gasteiger charge is 2.16. The van der Waals surface area contributed by atoms with Gasteiger partial charge in [0.1, 0.15) is 5.76 Å². The molecule has 0 unspecified atom stereocenters. The molecule has 5 nitrogen and oxygen atoms in total. The summed E-state index contributed by atoms with van der Waals surface area (Å²) in [6, 6.07) is 10.7. The topological polar surface area (TPSA) is 71.3 Å². The Labute approximate surface area is 129 Å². The lowest BCUT2D eigenvalue weighted by molar-refractivity contribution is 0.392. The molecule has 0 aliphatic rings. The van der Waals surface area contributed by atoms with Crippen molar-refractivity contribution in [2.45, 2.75) is 24.6 Å². The summed E-state index contributed by atoms with van der Waals surface area (Å²) in [5, 5.41) is 3.85. The third-order valence-electron chi connectivity index (χ3n) is 3.10. The summed E-state index contributed by atoms with van der Waals surface area (Å²) in [4.78, 5) is 0. The van der Waals surface area contributed by atoms with E-state index in [2.05, 4.69) is 10.0 Å². The van der Waals surface area contributed by atoms with Gasteiger partial charge in [-0.2, -0.15) is 0 Å². The standard InChI is InChI=1S/C14H17ClN2O3S/c1-10(11-4-3-5-12(15)8-11)17-9-13-6-7-14(20-13)21(18,19)16-2/h3-8,10,16-17H,9H2,1-2H3/t10-/m1/s1. The second kappa shape index (κ2) is 6.62. The van der Waals surface area contributed by atoms with Crippen LogP contribution in [-0.4, -0.2) is 15.5 Å². The van der Waals surface area contributed by atoms with Crippen molar-refractivity contribution in [3.63, 3.8) is 0 Å². The summed E-state index contributed by atoms with van der Waals surface area (Å²) < 4.78 is 30.7. The molecule has 1 aromatic carbocycles. The highest BCUT2D eigenvalue weighted by Crippen LogP contribution is 2.19. The Hall–Kier alpha value is -1.34. The van der Waals surface area contributed by atoms with E-state index in [0.29, 0.717) is 17.3 Å². The van der Waals surface area contributed by atoms with Crippen LogP contribution in [0.4, 0.5) is 0 Å². The Morgan fingerprint density at radius 1 is 1.29 bits per heavy atom. The fourth-order valence-electron chi connectivity index (χ4n) is 1.85. The number of rotatable bonds is 6. The first kappa shape index (κ1) is 16.0. The van der Waals surface area contributed by atoms with Crippen molar-refractivity contribution < 1.29 is 12.8 Å². The summed E-state index contributed by atoms with van der Waals surface area (Å²) in [5.41, 5.74) is 1.05. The molecule has 0 aliphatic heterocycles. The lowest BCUT2D eigenvalue weighted by Gasteiger charge is -2.13. The van der Waals surface area contributed by atoms with Crippen LogP contribution in [0.3, 0.4) is 0 Å². The molecule has 114 valence electrons. The zero-order valence-corrected chi connectivity index (χ0v) is 13.3. The Bertz CT molecular complexity index is 713. The van der Waals surface area contributed by atoms with Gasteiger partial charge in [-0.1, -0.05) is 23.7 Å². The second-order valence-electron chi connectivity index (χ2n) is 4.59. The minimum absolute atomic E-state index is 0.0677. The van der Waals surface area contributed by atoms with Gasteiger partial charge in [-0.25, -0.2) is 13.1 Å². The third-order valence-corrected chi connectivity index (χ3v) is 4.62. The number of furan rings is 1. The van der Waals surface area contributed by atoms with Gasteiger partial charge in [0.15, 0.2) is 0 Å². The number of hydrogen-bond donors (Lipinski definition) is 2. The summed E-state index contributed by atoms with van der Waals surface area (Å²) in [5.74, 6) is 0.553. The van der Waals surface area contributed by atoms with E-state index in [1.165, 1.54) is 13.1 Å². The predicted molar refractivity (Wildman–Crippen MR) is 81.7 cm³/mol. The zero-order valence-electron chi connectivity index (χ0n) is 11.8. The van der Waals surface area contributed by atoms with Gasteiger partial charge in [0.05, 0.1) is 6.54 Å². The average molecular weight is 329 g/mol. The Kier molecular flexibility index (Phi) is 5.05. The molecule has 0 fully saturated rings. The van der Waals surface area contributed by atoms with E-state index in [1.807, 2.05) is 31.2 Å². The highest BCUT2D eigenvalue weighted by atomic mass is 35.5. The van der Waals surface area contributed by atoms with Gasteiger partial charge in [0.2, 0.25) is 5.09 Å². The van der Waals surface area contributed by atoms with Crippen LogP contribution in [0.5, 0.6) is 0 Å². The number of nitrogens with one attached hydrogen (secondary N) is 2. The van der Waals surface area contributed by atoms with Crippen molar-refractivity contribution in [1.29, 1.82) is 0 Å². The molecule has 0 bridgehead atoms. The number of benzene rings is 1. The molecule has 1 atom stereocenters. The summed E-state index contributed by atoms with van der Waals surface area (Å²) in [7, 11) is -2.19. The molecule has 1 heterocycles. The molecule has 0 radical (unpaired) electrons. The number of halogens is 1. The summed E-state index contributed by atoms with van der Waals surface area (Å²) in [6.07, 6.45) is 0. The van der Waals surface area contributed by atoms with Crippen LogP contribution >= 0.6 is 11.6 Å². The van der Waals surface area contributed by atoms with E-state index in [9.17, 15) is 8.42 Å². The molecule has 2 N–H and O–H groups in total. The lowest BCUT2D eigenvalue weighted by atomic mass is 10.1. The van der Waals surface area contributed by atoms with Gasteiger partial charge in [-0.05, 0) is 43.8 Å². The SMILES string of the molecule is CNS(=O)(=O)c1ccc(CN[C@H](C)c2cccc(Cl)c2)o1. The largest absolute Gasteiger partial charge is 0.447 e. The Balaban J connectivity index is 2.00. The maximum absolute atomic E-state index is 11.6. The molecular formula is C14H17ClN2O3S. The van der Waals surface area contributed by atoms with Crippen molar-refractivity contribution in [3.8, 4) is 0 Å². The minimum atomic E-state index is -3.54. The molecule has 0 amide bonds. The maximum atomic E-state index is 11.6. The quantitative estimate of drug-likeness (QED) is 0.855. The van der Waals surface area contributed by atoms with Gasteiger partial charge in [0, 0.05) is 11.1 Å². The van der Waals surface area contributed by atoms with Crippen molar-refractivity contribution in [2.24, 2.45) is 0 Å². The van der Waals surface area contributed by atoms with Gasteiger partial charge >= 0.3 is 0 Å². The van der Waals surface area contributed by atoms with Gasteiger partial charge in [-0.15, -0.1) is 0 Å². The molecule has 2 rings (SSSR count). The van der Waals surface area contributed by atoms with Crippen molar-refractivity contribution in [1.82, 2.24) is 10.0 Å². The van der Waals surface area contributed by atoms with Gasteiger partial charge in [0.25, 0.3) is 10.0 Å². The summed E-state index contributed by atoms with van der Waals surface area (Å²) in [6.45, 7) is 2.42.